The predicted octanol–water partition coefficient (Wildman–Crippen LogP) is 5.03. The van der Waals surface area contributed by atoms with Gasteiger partial charge < -0.3 is 16.0 Å². The van der Waals surface area contributed by atoms with Gasteiger partial charge in [0.25, 0.3) is 0 Å². The third kappa shape index (κ3) is 4.76. The molecule has 2 rings (SSSR count). The van der Waals surface area contributed by atoms with Crippen molar-refractivity contribution in [1.29, 1.82) is 5.41 Å². The summed E-state index contributed by atoms with van der Waals surface area (Å²) in [5.74, 6) is -1.28. The molecular formula is C22H26F2N4. The number of aryl methyl sites for hydroxylation is 2. The van der Waals surface area contributed by atoms with Gasteiger partial charge in [-0.1, -0.05) is 11.6 Å². The highest BCUT2D eigenvalue weighted by Crippen LogP contribution is 2.32. The number of benzene rings is 2. The first-order valence-electron chi connectivity index (χ1n) is 8.93. The monoisotopic (exact) mass is 384 g/mol. The summed E-state index contributed by atoms with van der Waals surface area (Å²) in [6, 6.07) is 7.81. The van der Waals surface area contributed by atoms with Crippen molar-refractivity contribution in [3.8, 4) is 0 Å². The highest BCUT2D eigenvalue weighted by molar-refractivity contribution is 6.31. The van der Waals surface area contributed by atoms with E-state index in [0.717, 1.165) is 22.8 Å². The van der Waals surface area contributed by atoms with Crippen LogP contribution in [0.15, 0.2) is 48.3 Å². The van der Waals surface area contributed by atoms with Gasteiger partial charge in [0.05, 0.1) is 11.4 Å². The molecule has 0 saturated carbocycles. The average Bonchev–Trinajstić information content (AvgIpc) is 2.63. The van der Waals surface area contributed by atoms with Crippen molar-refractivity contribution in [3.05, 3.63) is 76.6 Å². The van der Waals surface area contributed by atoms with Crippen LogP contribution in [0.1, 0.15) is 23.6 Å². The lowest BCUT2D eigenvalue weighted by Crippen LogP contribution is -2.11. The number of hydrogen-bond acceptors (Lipinski definition) is 4. The van der Waals surface area contributed by atoms with Crippen LogP contribution >= 0.6 is 0 Å². The smallest absolute Gasteiger partial charge is 0.149 e. The van der Waals surface area contributed by atoms with E-state index in [2.05, 4.69) is 16.0 Å². The average molecular weight is 384 g/mol. The highest BCUT2D eigenvalue weighted by Gasteiger charge is 2.17. The Hall–Kier alpha value is -3.15. The lowest BCUT2D eigenvalue weighted by atomic mass is 9.94. The van der Waals surface area contributed by atoms with E-state index in [-0.39, 0.29) is 5.69 Å². The minimum Gasteiger partial charge on any atom is -0.394 e. The fourth-order valence-electron chi connectivity index (χ4n) is 2.92. The molecule has 4 nitrogen and oxygen atoms in total. The Bertz CT molecular complexity index is 923. The number of halogens is 2. The summed E-state index contributed by atoms with van der Waals surface area (Å²) in [7, 11) is 3.54. The van der Waals surface area contributed by atoms with Crippen LogP contribution in [0.5, 0.6) is 0 Å². The third-order valence-corrected chi connectivity index (χ3v) is 4.29. The van der Waals surface area contributed by atoms with Crippen molar-refractivity contribution in [2.24, 2.45) is 0 Å². The molecule has 0 aliphatic rings. The molecule has 0 unspecified atom stereocenters. The van der Waals surface area contributed by atoms with Gasteiger partial charge in [0.1, 0.15) is 11.6 Å². The van der Waals surface area contributed by atoms with E-state index in [9.17, 15) is 8.78 Å². The normalized spacial score (nSPS) is 12.0. The topological polar surface area (TPSA) is 59.9 Å². The van der Waals surface area contributed by atoms with Crippen LogP contribution in [-0.4, -0.2) is 19.8 Å². The van der Waals surface area contributed by atoms with Crippen molar-refractivity contribution < 1.29 is 8.78 Å². The van der Waals surface area contributed by atoms with E-state index in [1.165, 1.54) is 6.07 Å². The van der Waals surface area contributed by atoms with Crippen molar-refractivity contribution in [2.45, 2.75) is 20.8 Å². The first-order chi connectivity index (χ1) is 13.3. The van der Waals surface area contributed by atoms with E-state index in [1.807, 2.05) is 32.0 Å². The summed E-state index contributed by atoms with van der Waals surface area (Å²) < 4.78 is 27.8. The van der Waals surface area contributed by atoms with Crippen LogP contribution in [-0.2, 0) is 0 Å². The van der Waals surface area contributed by atoms with Crippen LogP contribution in [0.3, 0.4) is 0 Å². The lowest BCUT2D eigenvalue weighted by Gasteiger charge is -2.18. The SMILES string of the molecule is CN/C=C(/C)C(=N)/C(=C\NC)c1cc(C)ccc1Nc1c(C)cc(F)cc1F. The van der Waals surface area contributed by atoms with Crippen LogP contribution in [0.2, 0.25) is 0 Å². The largest absolute Gasteiger partial charge is 0.394 e. The summed E-state index contributed by atoms with van der Waals surface area (Å²) in [6.07, 6.45) is 3.49. The zero-order valence-corrected chi connectivity index (χ0v) is 16.8. The molecule has 2 aromatic rings. The molecule has 0 fully saturated rings. The molecule has 4 N–H and O–H groups in total. The number of anilines is 2. The minimum atomic E-state index is -0.662. The van der Waals surface area contributed by atoms with Gasteiger partial charge in [-0.05, 0) is 50.1 Å². The maximum absolute atomic E-state index is 14.4. The summed E-state index contributed by atoms with van der Waals surface area (Å²) in [5.41, 5.74) is 4.77. The van der Waals surface area contributed by atoms with E-state index in [1.54, 1.807) is 33.4 Å². The van der Waals surface area contributed by atoms with Gasteiger partial charge in [0.15, 0.2) is 0 Å². The molecule has 0 saturated heterocycles. The second-order valence-corrected chi connectivity index (χ2v) is 6.59. The molecule has 0 atom stereocenters. The van der Waals surface area contributed by atoms with Crippen molar-refractivity contribution in [2.75, 3.05) is 19.4 Å². The summed E-state index contributed by atoms with van der Waals surface area (Å²) in [5, 5.41) is 17.6. The Balaban J connectivity index is 2.59. The van der Waals surface area contributed by atoms with Crippen molar-refractivity contribution >= 4 is 22.7 Å². The maximum atomic E-state index is 14.4. The highest BCUT2D eigenvalue weighted by atomic mass is 19.1. The first kappa shape index (κ1) is 21.2. The Labute approximate surface area is 164 Å². The van der Waals surface area contributed by atoms with Crippen molar-refractivity contribution in [3.63, 3.8) is 0 Å². The van der Waals surface area contributed by atoms with Crippen LogP contribution in [0.25, 0.3) is 5.57 Å². The Kier molecular flexibility index (Phi) is 6.93. The first-order valence-corrected chi connectivity index (χ1v) is 8.93. The number of nitrogens with one attached hydrogen (secondary N) is 4. The van der Waals surface area contributed by atoms with Crippen LogP contribution < -0.4 is 16.0 Å². The molecule has 2 aromatic carbocycles. The maximum Gasteiger partial charge on any atom is 0.149 e. The molecule has 0 amide bonds. The molecular weight excluding hydrogens is 358 g/mol. The molecule has 148 valence electrons. The fourth-order valence-corrected chi connectivity index (χ4v) is 2.92. The fraction of sp³-hybridized carbons (Fsp3) is 0.227. The van der Waals surface area contributed by atoms with Gasteiger partial charge in [-0.15, -0.1) is 0 Å². The molecule has 0 radical (unpaired) electrons. The van der Waals surface area contributed by atoms with Gasteiger partial charge in [-0.25, -0.2) is 8.78 Å². The predicted molar refractivity (Wildman–Crippen MR) is 113 cm³/mol. The number of hydrogen-bond donors (Lipinski definition) is 4. The summed E-state index contributed by atoms with van der Waals surface area (Å²) >= 11 is 0. The Morgan fingerprint density at radius 1 is 1.00 bits per heavy atom. The third-order valence-electron chi connectivity index (χ3n) is 4.29. The van der Waals surface area contributed by atoms with Gasteiger partial charge in [0.2, 0.25) is 0 Å². The van der Waals surface area contributed by atoms with E-state index in [4.69, 9.17) is 5.41 Å². The van der Waals surface area contributed by atoms with E-state index in [0.29, 0.717) is 22.5 Å². The molecule has 0 heterocycles. The molecule has 6 heteroatoms. The van der Waals surface area contributed by atoms with Gasteiger partial charge in [0, 0.05) is 49.4 Å². The molecule has 0 spiro atoms. The van der Waals surface area contributed by atoms with E-state index < -0.39 is 11.6 Å². The second-order valence-electron chi connectivity index (χ2n) is 6.59. The molecule has 0 aliphatic carbocycles. The molecule has 0 bridgehead atoms. The Morgan fingerprint density at radius 3 is 2.29 bits per heavy atom. The second kappa shape index (κ2) is 9.17. The Morgan fingerprint density at radius 2 is 1.68 bits per heavy atom. The quantitative estimate of drug-likeness (QED) is 0.507. The van der Waals surface area contributed by atoms with Gasteiger partial charge in [-0.3, -0.25) is 5.41 Å². The molecule has 0 aliphatic heterocycles. The van der Waals surface area contributed by atoms with Crippen LogP contribution in [0, 0.1) is 30.9 Å². The molecule has 28 heavy (non-hydrogen) atoms. The van der Waals surface area contributed by atoms with Gasteiger partial charge in [-0.2, -0.15) is 0 Å². The standard InChI is InChI=1S/C22H26F2N4/c1-13-6-7-20(28-22-14(2)9-16(23)10-19(22)24)17(8-13)18(12-27-5)21(25)15(3)11-26-4/h6-12,25-28H,1-5H3/b15-11-,18-12-,25-21?. The van der Waals surface area contributed by atoms with Gasteiger partial charge >= 0.3 is 0 Å². The number of allylic oxidation sites excluding steroid dienone is 2. The summed E-state index contributed by atoms with van der Waals surface area (Å²) in [4.78, 5) is 0. The zero-order valence-electron chi connectivity index (χ0n) is 16.8. The zero-order chi connectivity index (χ0) is 20.8. The van der Waals surface area contributed by atoms with Crippen molar-refractivity contribution in [1.82, 2.24) is 10.6 Å². The van der Waals surface area contributed by atoms with Crippen LogP contribution in [0.4, 0.5) is 20.2 Å². The lowest BCUT2D eigenvalue weighted by molar-refractivity contribution is 0.584. The minimum absolute atomic E-state index is 0.212. The van der Waals surface area contributed by atoms with E-state index >= 15 is 0 Å². The molecule has 0 aromatic heterocycles. The summed E-state index contributed by atoms with van der Waals surface area (Å²) in [6.45, 7) is 5.44. The number of rotatable bonds is 7.